The molecule has 3 aromatic rings. The Morgan fingerprint density at radius 1 is 1.11 bits per heavy atom. The number of pyridine rings is 1. The second-order valence-corrected chi connectivity index (χ2v) is 6.40. The predicted octanol–water partition coefficient (Wildman–Crippen LogP) is 2.41. The van der Waals surface area contributed by atoms with Gasteiger partial charge in [0.05, 0.1) is 12.6 Å². The number of methoxy groups -OCH3 is 1. The second kappa shape index (κ2) is 7.90. The van der Waals surface area contributed by atoms with E-state index in [-0.39, 0.29) is 29.4 Å². The van der Waals surface area contributed by atoms with E-state index in [4.69, 9.17) is 4.74 Å². The van der Waals surface area contributed by atoms with Gasteiger partial charge < -0.3 is 15.4 Å². The summed E-state index contributed by atoms with van der Waals surface area (Å²) >= 11 is 0. The molecular formula is C20H22N4O3. The van der Waals surface area contributed by atoms with Crippen molar-refractivity contribution in [3.05, 3.63) is 65.7 Å². The minimum Gasteiger partial charge on any atom is -0.497 e. The van der Waals surface area contributed by atoms with Crippen LogP contribution >= 0.6 is 0 Å². The average Bonchev–Trinajstić information content (AvgIpc) is 3.06. The van der Waals surface area contributed by atoms with Crippen LogP contribution < -0.4 is 15.4 Å². The molecule has 0 aliphatic carbocycles. The highest BCUT2D eigenvalue weighted by Crippen LogP contribution is 2.15. The van der Waals surface area contributed by atoms with E-state index in [2.05, 4.69) is 15.6 Å². The van der Waals surface area contributed by atoms with Gasteiger partial charge in [0.1, 0.15) is 5.75 Å². The Morgan fingerprint density at radius 3 is 2.52 bits per heavy atom. The number of fused-ring (bicyclic) bond motifs is 1. The van der Waals surface area contributed by atoms with Crippen molar-refractivity contribution in [2.75, 3.05) is 7.11 Å². The standard InChI is InChI=1S/C20H22N4O3/c1-13(2)22-20(26)18-23-17(16-6-4-5-11-24(16)18)19(25)21-12-14-7-9-15(27-3)10-8-14/h4-11,13H,12H2,1-3H3,(H,21,25)(H,22,26). The molecule has 0 aliphatic rings. The molecular weight excluding hydrogens is 344 g/mol. The van der Waals surface area contributed by atoms with Crippen LogP contribution in [0.3, 0.4) is 0 Å². The smallest absolute Gasteiger partial charge is 0.287 e. The summed E-state index contributed by atoms with van der Waals surface area (Å²) in [5, 5.41) is 5.66. The molecule has 3 rings (SSSR count). The summed E-state index contributed by atoms with van der Waals surface area (Å²) in [7, 11) is 1.60. The number of nitrogens with zero attached hydrogens (tertiary/aromatic N) is 2. The normalized spacial score (nSPS) is 10.8. The summed E-state index contributed by atoms with van der Waals surface area (Å²) in [5.74, 6) is 0.290. The maximum Gasteiger partial charge on any atom is 0.287 e. The van der Waals surface area contributed by atoms with Gasteiger partial charge in [-0.05, 0) is 43.7 Å². The third-order valence-electron chi connectivity index (χ3n) is 4.00. The minimum absolute atomic E-state index is 0.0269. The molecule has 2 amide bonds. The van der Waals surface area contributed by atoms with Gasteiger partial charge in [-0.3, -0.25) is 14.0 Å². The fourth-order valence-corrected chi connectivity index (χ4v) is 2.70. The van der Waals surface area contributed by atoms with E-state index in [1.165, 1.54) is 0 Å². The van der Waals surface area contributed by atoms with E-state index in [0.29, 0.717) is 12.1 Å². The Morgan fingerprint density at radius 2 is 1.85 bits per heavy atom. The molecule has 0 bridgehead atoms. The minimum atomic E-state index is -0.335. The van der Waals surface area contributed by atoms with Gasteiger partial charge in [0, 0.05) is 18.8 Å². The maximum atomic E-state index is 12.7. The van der Waals surface area contributed by atoms with Crippen LogP contribution in [0.15, 0.2) is 48.7 Å². The molecule has 7 nitrogen and oxygen atoms in total. The third-order valence-corrected chi connectivity index (χ3v) is 4.00. The summed E-state index contributed by atoms with van der Waals surface area (Å²) in [6, 6.07) is 12.8. The van der Waals surface area contributed by atoms with E-state index in [0.717, 1.165) is 11.3 Å². The Hall–Kier alpha value is -3.35. The Bertz CT molecular complexity index is 961. The van der Waals surface area contributed by atoms with Crippen molar-refractivity contribution in [3.8, 4) is 5.75 Å². The van der Waals surface area contributed by atoms with Crippen molar-refractivity contribution in [2.24, 2.45) is 0 Å². The molecule has 140 valence electrons. The number of imidazole rings is 1. The monoisotopic (exact) mass is 366 g/mol. The van der Waals surface area contributed by atoms with Gasteiger partial charge in [0.15, 0.2) is 5.69 Å². The summed E-state index contributed by atoms with van der Waals surface area (Å²) in [5.41, 5.74) is 1.74. The number of ether oxygens (including phenoxy) is 1. The number of aromatic nitrogens is 2. The van der Waals surface area contributed by atoms with Gasteiger partial charge in [-0.25, -0.2) is 4.98 Å². The average molecular weight is 366 g/mol. The van der Waals surface area contributed by atoms with Crippen LogP contribution in [0, 0.1) is 0 Å². The molecule has 0 unspecified atom stereocenters. The molecule has 2 N–H and O–H groups in total. The molecule has 2 aromatic heterocycles. The Labute approximate surface area is 157 Å². The zero-order chi connectivity index (χ0) is 19.4. The largest absolute Gasteiger partial charge is 0.497 e. The molecule has 0 fully saturated rings. The molecule has 0 atom stereocenters. The predicted molar refractivity (Wildman–Crippen MR) is 102 cm³/mol. The number of rotatable bonds is 6. The lowest BCUT2D eigenvalue weighted by Crippen LogP contribution is -2.31. The number of hydrogen-bond acceptors (Lipinski definition) is 4. The summed E-state index contributed by atoms with van der Waals surface area (Å²) < 4.78 is 6.75. The van der Waals surface area contributed by atoms with Crippen LogP contribution in [0.25, 0.3) is 5.52 Å². The lowest BCUT2D eigenvalue weighted by atomic mass is 10.2. The van der Waals surface area contributed by atoms with E-state index >= 15 is 0 Å². The van der Waals surface area contributed by atoms with E-state index in [9.17, 15) is 9.59 Å². The van der Waals surface area contributed by atoms with Crippen LogP contribution in [0.4, 0.5) is 0 Å². The van der Waals surface area contributed by atoms with Crippen molar-refractivity contribution in [1.82, 2.24) is 20.0 Å². The molecule has 1 aromatic carbocycles. The van der Waals surface area contributed by atoms with Crippen molar-refractivity contribution >= 4 is 17.3 Å². The van der Waals surface area contributed by atoms with Crippen LogP contribution in [0.1, 0.15) is 40.5 Å². The van der Waals surface area contributed by atoms with Crippen LogP contribution in [-0.2, 0) is 6.54 Å². The first-order valence-electron chi connectivity index (χ1n) is 8.68. The molecule has 27 heavy (non-hydrogen) atoms. The van der Waals surface area contributed by atoms with Crippen molar-refractivity contribution in [1.29, 1.82) is 0 Å². The van der Waals surface area contributed by atoms with Gasteiger partial charge in [0.25, 0.3) is 11.8 Å². The number of amides is 2. The zero-order valence-electron chi connectivity index (χ0n) is 15.5. The number of nitrogens with one attached hydrogen (secondary N) is 2. The Kier molecular flexibility index (Phi) is 5.40. The lowest BCUT2D eigenvalue weighted by molar-refractivity contribution is 0.0932. The first-order chi connectivity index (χ1) is 13.0. The SMILES string of the molecule is COc1ccc(CNC(=O)c2nc(C(=O)NC(C)C)n3ccccc23)cc1. The Balaban J connectivity index is 1.82. The van der Waals surface area contributed by atoms with Crippen molar-refractivity contribution in [2.45, 2.75) is 26.4 Å². The first-order valence-corrected chi connectivity index (χ1v) is 8.68. The van der Waals surface area contributed by atoms with Crippen molar-refractivity contribution in [3.63, 3.8) is 0 Å². The molecule has 0 spiro atoms. The number of carbonyl (C=O) groups excluding carboxylic acids is 2. The molecule has 0 radical (unpaired) electrons. The van der Waals surface area contributed by atoms with Crippen LogP contribution in [0.2, 0.25) is 0 Å². The molecule has 7 heteroatoms. The van der Waals surface area contributed by atoms with Crippen LogP contribution in [0.5, 0.6) is 5.75 Å². The lowest BCUT2D eigenvalue weighted by Gasteiger charge is -2.06. The highest BCUT2D eigenvalue weighted by atomic mass is 16.5. The fourth-order valence-electron chi connectivity index (χ4n) is 2.70. The number of benzene rings is 1. The quantitative estimate of drug-likeness (QED) is 0.702. The van der Waals surface area contributed by atoms with Crippen molar-refractivity contribution < 1.29 is 14.3 Å². The molecule has 0 saturated heterocycles. The summed E-state index contributed by atoms with van der Waals surface area (Å²) in [4.78, 5) is 29.4. The number of carbonyl (C=O) groups is 2. The zero-order valence-corrected chi connectivity index (χ0v) is 15.5. The molecule has 0 saturated carbocycles. The van der Waals surface area contributed by atoms with Gasteiger partial charge in [0.2, 0.25) is 5.82 Å². The van der Waals surface area contributed by atoms with E-state index in [1.54, 1.807) is 35.9 Å². The van der Waals surface area contributed by atoms with Gasteiger partial charge in [-0.15, -0.1) is 0 Å². The van der Waals surface area contributed by atoms with Gasteiger partial charge in [-0.2, -0.15) is 0 Å². The number of hydrogen-bond donors (Lipinski definition) is 2. The second-order valence-electron chi connectivity index (χ2n) is 6.40. The van der Waals surface area contributed by atoms with Gasteiger partial charge >= 0.3 is 0 Å². The third kappa shape index (κ3) is 4.08. The van der Waals surface area contributed by atoms with Crippen LogP contribution in [-0.4, -0.2) is 34.4 Å². The fraction of sp³-hybridized carbons (Fsp3) is 0.250. The summed E-state index contributed by atoms with van der Waals surface area (Å²) in [6.45, 7) is 4.09. The highest BCUT2D eigenvalue weighted by molar-refractivity contribution is 6.02. The van der Waals surface area contributed by atoms with E-state index in [1.807, 2.05) is 38.1 Å². The topological polar surface area (TPSA) is 84.7 Å². The first kappa shape index (κ1) is 18.4. The summed E-state index contributed by atoms with van der Waals surface area (Å²) in [6.07, 6.45) is 1.72. The van der Waals surface area contributed by atoms with E-state index < -0.39 is 0 Å². The molecule has 0 aliphatic heterocycles. The van der Waals surface area contributed by atoms with Gasteiger partial charge in [-0.1, -0.05) is 18.2 Å². The molecule has 2 heterocycles. The maximum absolute atomic E-state index is 12.7. The highest BCUT2D eigenvalue weighted by Gasteiger charge is 2.21.